The minimum atomic E-state index is -0.662. The highest BCUT2D eigenvalue weighted by Gasteiger charge is 2.25. The van der Waals surface area contributed by atoms with Crippen LogP contribution in [0.25, 0.3) is 0 Å². The van der Waals surface area contributed by atoms with Gasteiger partial charge in [0.25, 0.3) is 0 Å². The van der Waals surface area contributed by atoms with E-state index in [4.69, 9.17) is 21.1 Å². The van der Waals surface area contributed by atoms with E-state index >= 15 is 0 Å². The molecule has 28 heavy (non-hydrogen) atoms. The van der Waals surface area contributed by atoms with Gasteiger partial charge in [-0.1, -0.05) is 41.9 Å². The smallest absolute Gasteiger partial charge is 0.352 e. The molecule has 0 bridgehead atoms. The van der Waals surface area contributed by atoms with Crippen molar-refractivity contribution in [2.24, 2.45) is 0 Å². The summed E-state index contributed by atoms with van der Waals surface area (Å²) in [5.74, 6) is 0.528. The molecule has 7 heteroatoms. The molecule has 0 atom stereocenters. The first-order valence-corrected chi connectivity index (χ1v) is 9.28. The van der Waals surface area contributed by atoms with Crippen molar-refractivity contribution in [2.45, 2.75) is 6.54 Å². The van der Waals surface area contributed by atoms with Gasteiger partial charge < -0.3 is 19.7 Å². The molecule has 1 aliphatic rings. The van der Waals surface area contributed by atoms with Crippen molar-refractivity contribution >= 4 is 17.6 Å². The van der Waals surface area contributed by atoms with Crippen LogP contribution >= 0.6 is 11.6 Å². The van der Waals surface area contributed by atoms with E-state index in [0.717, 1.165) is 5.56 Å². The second-order valence-electron chi connectivity index (χ2n) is 6.11. The van der Waals surface area contributed by atoms with E-state index in [1.54, 1.807) is 0 Å². The molecule has 0 aliphatic carbocycles. The first-order chi connectivity index (χ1) is 13.7. The van der Waals surface area contributed by atoms with Crippen LogP contribution in [0.1, 0.15) is 5.56 Å². The number of carbonyl (C=O) groups is 1. The maximum absolute atomic E-state index is 12.4. The summed E-state index contributed by atoms with van der Waals surface area (Å²) in [7, 11) is 0. The number of rotatable bonds is 7. The molecule has 0 aromatic heterocycles. The summed E-state index contributed by atoms with van der Waals surface area (Å²) in [5.41, 5.74) is 0.999. The number of esters is 1. The molecule has 1 N–H and O–H groups in total. The van der Waals surface area contributed by atoms with Crippen LogP contribution in [0.2, 0.25) is 5.02 Å². The number of hydrogen-bond donors (Lipinski definition) is 1. The van der Waals surface area contributed by atoms with Gasteiger partial charge in [0.15, 0.2) is 5.57 Å². The van der Waals surface area contributed by atoms with Crippen LogP contribution < -0.4 is 10.1 Å². The fourth-order valence-electron chi connectivity index (χ4n) is 2.83. The quantitative estimate of drug-likeness (QED) is 0.335. The molecule has 0 amide bonds. The third-order valence-electron chi connectivity index (χ3n) is 4.16. The zero-order valence-corrected chi connectivity index (χ0v) is 16.0. The lowest BCUT2D eigenvalue weighted by atomic mass is 10.2. The average molecular weight is 398 g/mol. The van der Waals surface area contributed by atoms with E-state index in [1.165, 1.54) is 0 Å². The molecule has 0 saturated carbocycles. The first-order valence-electron chi connectivity index (χ1n) is 8.90. The molecule has 1 aliphatic heterocycles. The van der Waals surface area contributed by atoms with Crippen LogP contribution in [0.3, 0.4) is 0 Å². The SMILES string of the molecule is N#CC(C(=O)OCCOc1ccccc1)=C1NCCN1Cc1ccc(Cl)cc1. The van der Waals surface area contributed by atoms with Gasteiger partial charge in [-0.25, -0.2) is 4.79 Å². The molecule has 1 saturated heterocycles. The molecule has 144 valence electrons. The highest BCUT2D eigenvalue weighted by molar-refractivity contribution is 6.30. The lowest BCUT2D eigenvalue weighted by Crippen LogP contribution is -2.25. The molecule has 0 unspecified atom stereocenters. The van der Waals surface area contributed by atoms with Crippen molar-refractivity contribution in [3.63, 3.8) is 0 Å². The van der Waals surface area contributed by atoms with Gasteiger partial charge >= 0.3 is 5.97 Å². The summed E-state index contributed by atoms with van der Waals surface area (Å²) >= 11 is 5.92. The van der Waals surface area contributed by atoms with Crippen LogP contribution in [0.15, 0.2) is 66.0 Å². The van der Waals surface area contributed by atoms with Crippen molar-refractivity contribution in [3.8, 4) is 11.8 Å². The van der Waals surface area contributed by atoms with Crippen LogP contribution in [0.5, 0.6) is 5.75 Å². The minimum absolute atomic E-state index is 0.0359. The van der Waals surface area contributed by atoms with E-state index in [1.807, 2.05) is 65.6 Å². The van der Waals surface area contributed by atoms with Gasteiger partial charge in [-0.15, -0.1) is 0 Å². The van der Waals surface area contributed by atoms with Gasteiger partial charge in [0.2, 0.25) is 0 Å². The Hall–Kier alpha value is -3.17. The number of hydrogen-bond acceptors (Lipinski definition) is 6. The first kappa shape index (κ1) is 19.6. The van der Waals surface area contributed by atoms with Crippen molar-refractivity contribution in [2.75, 3.05) is 26.3 Å². The molecular formula is C21H20ClN3O3. The third kappa shape index (κ3) is 5.18. The Morgan fingerprint density at radius 2 is 1.89 bits per heavy atom. The lowest BCUT2D eigenvalue weighted by Gasteiger charge is -2.20. The van der Waals surface area contributed by atoms with Gasteiger partial charge in [-0.05, 0) is 29.8 Å². The van der Waals surface area contributed by atoms with E-state index in [-0.39, 0.29) is 18.8 Å². The average Bonchev–Trinajstić information content (AvgIpc) is 3.16. The molecule has 0 spiro atoms. The highest BCUT2D eigenvalue weighted by Crippen LogP contribution is 2.19. The van der Waals surface area contributed by atoms with Crippen molar-refractivity contribution in [1.82, 2.24) is 10.2 Å². The Bertz CT molecular complexity index is 876. The summed E-state index contributed by atoms with van der Waals surface area (Å²) in [4.78, 5) is 14.3. The van der Waals surface area contributed by atoms with Crippen molar-refractivity contribution in [1.29, 1.82) is 5.26 Å². The van der Waals surface area contributed by atoms with Crippen molar-refractivity contribution in [3.05, 3.63) is 76.6 Å². The van der Waals surface area contributed by atoms with Crippen LogP contribution in [0.4, 0.5) is 0 Å². The summed E-state index contributed by atoms with van der Waals surface area (Å²) in [5, 5.41) is 13.3. The van der Waals surface area contributed by atoms with E-state index in [9.17, 15) is 10.1 Å². The minimum Gasteiger partial charge on any atom is -0.490 e. The zero-order valence-electron chi connectivity index (χ0n) is 15.2. The number of benzene rings is 2. The fourth-order valence-corrected chi connectivity index (χ4v) is 2.95. The summed E-state index contributed by atoms with van der Waals surface area (Å²) < 4.78 is 10.7. The molecule has 3 rings (SSSR count). The molecule has 2 aromatic rings. The van der Waals surface area contributed by atoms with E-state index in [2.05, 4.69) is 5.32 Å². The standard InChI is InChI=1S/C21H20ClN3O3/c22-17-8-6-16(7-9-17)15-25-11-10-24-20(25)19(14-23)21(26)28-13-12-27-18-4-2-1-3-5-18/h1-9,24H,10-13,15H2. The van der Waals surface area contributed by atoms with Crippen LogP contribution in [-0.2, 0) is 16.1 Å². The Morgan fingerprint density at radius 1 is 1.14 bits per heavy atom. The number of nitrogens with one attached hydrogen (secondary N) is 1. The zero-order chi connectivity index (χ0) is 19.8. The third-order valence-corrected chi connectivity index (χ3v) is 4.41. The number of nitriles is 1. The summed E-state index contributed by atoms with van der Waals surface area (Å²) in [6.07, 6.45) is 0. The Balaban J connectivity index is 1.59. The Morgan fingerprint density at radius 3 is 2.61 bits per heavy atom. The number of carbonyl (C=O) groups excluding carboxylic acids is 1. The Labute approximate surface area is 168 Å². The second kappa shape index (κ2) is 9.67. The largest absolute Gasteiger partial charge is 0.490 e. The topological polar surface area (TPSA) is 74.6 Å². The Kier molecular flexibility index (Phi) is 6.77. The molecule has 1 heterocycles. The fraction of sp³-hybridized carbons (Fsp3) is 0.238. The predicted octanol–water partition coefficient (Wildman–Crippen LogP) is 3.10. The summed E-state index contributed by atoms with van der Waals surface area (Å²) in [6, 6.07) is 18.7. The van der Waals surface area contributed by atoms with Gasteiger partial charge in [-0.2, -0.15) is 5.26 Å². The number of halogens is 1. The predicted molar refractivity (Wildman–Crippen MR) is 105 cm³/mol. The van der Waals surface area contributed by atoms with Crippen LogP contribution in [0, 0.1) is 11.3 Å². The maximum Gasteiger partial charge on any atom is 0.352 e. The molecule has 0 radical (unpaired) electrons. The molecule has 1 fully saturated rings. The van der Waals surface area contributed by atoms with Gasteiger partial charge in [0.05, 0.1) is 0 Å². The van der Waals surface area contributed by atoms with Crippen molar-refractivity contribution < 1.29 is 14.3 Å². The lowest BCUT2D eigenvalue weighted by molar-refractivity contribution is -0.139. The number of nitrogens with zero attached hydrogens (tertiary/aromatic N) is 2. The van der Waals surface area contributed by atoms with Crippen LogP contribution in [-0.4, -0.2) is 37.2 Å². The van der Waals surface area contributed by atoms with E-state index in [0.29, 0.717) is 36.2 Å². The van der Waals surface area contributed by atoms with Gasteiger partial charge in [0.1, 0.15) is 30.9 Å². The van der Waals surface area contributed by atoms with Gasteiger partial charge in [0, 0.05) is 24.7 Å². The molecule has 2 aromatic carbocycles. The number of ether oxygens (including phenoxy) is 2. The monoisotopic (exact) mass is 397 g/mol. The normalized spacial score (nSPS) is 14.8. The number of para-hydroxylation sites is 1. The van der Waals surface area contributed by atoms with E-state index < -0.39 is 5.97 Å². The highest BCUT2D eigenvalue weighted by atomic mass is 35.5. The van der Waals surface area contributed by atoms with Gasteiger partial charge in [-0.3, -0.25) is 0 Å². The molecule has 6 nitrogen and oxygen atoms in total. The second-order valence-corrected chi connectivity index (χ2v) is 6.54. The maximum atomic E-state index is 12.4. The molecular weight excluding hydrogens is 378 g/mol. The summed E-state index contributed by atoms with van der Waals surface area (Å²) in [6.45, 7) is 2.18.